The molecule has 9 heavy (non-hydrogen) atoms. The molecule has 0 saturated carbocycles. The lowest BCUT2D eigenvalue weighted by Crippen LogP contribution is -2.02. The summed E-state index contributed by atoms with van der Waals surface area (Å²) in [6, 6.07) is 0.260. The van der Waals surface area contributed by atoms with Crippen molar-refractivity contribution in [2.24, 2.45) is 0 Å². The Hall–Kier alpha value is -0.570. The average Bonchev–Trinajstić information content (AvgIpc) is 2.13. The molecule has 0 aromatic carbocycles. The van der Waals surface area contributed by atoms with E-state index in [1.807, 2.05) is 13.8 Å². The molecule has 0 atom stereocenters. The Morgan fingerprint density at radius 1 is 1.67 bits per heavy atom. The van der Waals surface area contributed by atoms with E-state index in [0.717, 1.165) is 0 Å². The third kappa shape index (κ3) is 1.21. The quantitative estimate of drug-likeness (QED) is 0.595. The van der Waals surface area contributed by atoms with Gasteiger partial charge in [-0.1, -0.05) is 0 Å². The molecule has 0 saturated heterocycles. The van der Waals surface area contributed by atoms with E-state index in [0.29, 0.717) is 5.28 Å². The van der Waals surface area contributed by atoms with Gasteiger partial charge in [0.25, 0.3) is 0 Å². The van der Waals surface area contributed by atoms with Gasteiger partial charge in [-0.2, -0.15) is 4.98 Å². The topological polar surface area (TPSA) is 30.7 Å². The molecule has 0 bridgehead atoms. The van der Waals surface area contributed by atoms with Gasteiger partial charge < -0.3 is 0 Å². The number of rotatable bonds is 1. The molecule has 1 aromatic heterocycles. The normalized spacial score (nSPS) is 10.7. The van der Waals surface area contributed by atoms with Gasteiger partial charge in [0, 0.05) is 6.04 Å². The molecule has 0 N–H and O–H groups in total. The van der Waals surface area contributed by atoms with Crippen LogP contribution in [-0.4, -0.2) is 14.8 Å². The van der Waals surface area contributed by atoms with Crippen molar-refractivity contribution < 1.29 is 0 Å². The minimum absolute atomic E-state index is 0.260. The Labute approximate surface area is 58.7 Å². The Balaban J connectivity index is 2.94. The van der Waals surface area contributed by atoms with Crippen LogP contribution in [0.3, 0.4) is 0 Å². The summed E-state index contributed by atoms with van der Waals surface area (Å²) >= 11 is 5.59. The molecule has 0 unspecified atom stereocenters. The Morgan fingerprint density at radius 3 is 2.56 bits per heavy atom. The average molecular weight is 145 g/mol. The third-order valence-corrected chi connectivity index (χ3v) is 1.23. The number of hydrogen-bond acceptors (Lipinski definition) is 2. The highest BCUT2D eigenvalue weighted by molar-refractivity contribution is 6.28. The minimum atomic E-state index is 0.260. The molecule has 0 amide bonds. The predicted octanol–water partition coefficient (Wildman–Crippen LogP) is 1.31. The SMILES string of the molecule is CC(C)n1n[c]nc1Cl. The van der Waals surface area contributed by atoms with Crippen molar-refractivity contribution >= 4 is 11.6 Å². The molecular formula is C5H7ClN3. The van der Waals surface area contributed by atoms with Gasteiger partial charge in [0.1, 0.15) is 0 Å². The highest BCUT2D eigenvalue weighted by Crippen LogP contribution is 2.08. The van der Waals surface area contributed by atoms with Crippen LogP contribution in [0.5, 0.6) is 0 Å². The first-order valence-electron chi connectivity index (χ1n) is 2.70. The first-order valence-corrected chi connectivity index (χ1v) is 3.07. The summed E-state index contributed by atoms with van der Waals surface area (Å²) in [6.45, 7) is 3.96. The molecule has 0 aliphatic carbocycles. The van der Waals surface area contributed by atoms with Crippen molar-refractivity contribution in [2.45, 2.75) is 19.9 Å². The molecule has 3 nitrogen and oxygen atoms in total. The van der Waals surface area contributed by atoms with Crippen LogP contribution in [0.1, 0.15) is 19.9 Å². The maximum absolute atomic E-state index is 5.59. The van der Waals surface area contributed by atoms with Crippen LogP contribution in [0, 0.1) is 6.33 Å². The molecule has 0 aliphatic rings. The molecule has 4 heteroatoms. The van der Waals surface area contributed by atoms with Crippen molar-refractivity contribution in [3.63, 3.8) is 0 Å². The van der Waals surface area contributed by atoms with E-state index >= 15 is 0 Å². The third-order valence-electron chi connectivity index (χ3n) is 0.973. The summed E-state index contributed by atoms with van der Waals surface area (Å²) in [5.74, 6) is 0. The Morgan fingerprint density at radius 2 is 2.33 bits per heavy atom. The first kappa shape index (κ1) is 6.55. The number of halogens is 1. The largest absolute Gasteiger partial charge is 0.233 e. The number of hydrogen-bond donors (Lipinski definition) is 0. The molecule has 0 spiro atoms. The fourth-order valence-corrected chi connectivity index (χ4v) is 0.804. The summed E-state index contributed by atoms with van der Waals surface area (Å²) in [5, 5.41) is 4.16. The van der Waals surface area contributed by atoms with Gasteiger partial charge in [-0.15, -0.1) is 5.10 Å². The second kappa shape index (κ2) is 2.35. The lowest BCUT2D eigenvalue weighted by Gasteiger charge is -2.02. The standard InChI is InChI=1S/C5H7ClN3/c1-4(2)9-5(6)7-3-8-9/h4H,1-2H3. The Kier molecular flexibility index (Phi) is 1.71. The number of nitrogens with zero attached hydrogens (tertiary/aromatic N) is 3. The van der Waals surface area contributed by atoms with E-state index in [1.54, 1.807) is 4.68 Å². The zero-order valence-electron chi connectivity index (χ0n) is 5.30. The van der Waals surface area contributed by atoms with Crippen LogP contribution in [0.4, 0.5) is 0 Å². The van der Waals surface area contributed by atoms with E-state index < -0.39 is 0 Å². The summed E-state index contributed by atoms with van der Waals surface area (Å²) in [5.41, 5.74) is 0. The monoisotopic (exact) mass is 144 g/mol. The van der Waals surface area contributed by atoms with Crippen LogP contribution >= 0.6 is 11.6 Å². The van der Waals surface area contributed by atoms with E-state index in [1.165, 1.54) is 0 Å². The fourth-order valence-electron chi connectivity index (χ4n) is 0.533. The maximum Gasteiger partial charge on any atom is 0.222 e. The lowest BCUT2D eigenvalue weighted by molar-refractivity contribution is 0.531. The van der Waals surface area contributed by atoms with E-state index in [-0.39, 0.29) is 6.04 Å². The second-order valence-electron chi connectivity index (χ2n) is 2.02. The first-order chi connectivity index (χ1) is 4.22. The summed E-state index contributed by atoms with van der Waals surface area (Å²) < 4.78 is 1.60. The highest BCUT2D eigenvalue weighted by atomic mass is 35.5. The van der Waals surface area contributed by atoms with Crippen molar-refractivity contribution in [2.75, 3.05) is 0 Å². The fraction of sp³-hybridized carbons (Fsp3) is 0.600. The van der Waals surface area contributed by atoms with Crippen molar-refractivity contribution in [1.82, 2.24) is 14.8 Å². The van der Waals surface area contributed by atoms with Crippen LogP contribution in [0.15, 0.2) is 0 Å². The molecule has 0 fully saturated rings. The highest BCUT2D eigenvalue weighted by Gasteiger charge is 2.02. The summed E-state index contributed by atoms with van der Waals surface area (Å²) in [4.78, 5) is 3.63. The van der Waals surface area contributed by atoms with Gasteiger partial charge in [-0.25, -0.2) is 4.68 Å². The number of aromatic nitrogens is 3. The van der Waals surface area contributed by atoms with E-state index in [9.17, 15) is 0 Å². The second-order valence-corrected chi connectivity index (χ2v) is 2.36. The zero-order valence-corrected chi connectivity index (χ0v) is 6.05. The molecule has 1 aromatic rings. The zero-order chi connectivity index (χ0) is 6.85. The van der Waals surface area contributed by atoms with E-state index in [4.69, 9.17) is 11.6 Å². The smallest absolute Gasteiger partial charge is 0.222 e. The van der Waals surface area contributed by atoms with Crippen LogP contribution in [0.25, 0.3) is 0 Å². The molecule has 0 aliphatic heterocycles. The van der Waals surface area contributed by atoms with Crippen molar-refractivity contribution in [3.05, 3.63) is 11.6 Å². The predicted molar refractivity (Wildman–Crippen MR) is 34.3 cm³/mol. The molecule has 1 rings (SSSR count). The van der Waals surface area contributed by atoms with Gasteiger partial charge in [-0.05, 0) is 25.4 Å². The van der Waals surface area contributed by atoms with Crippen molar-refractivity contribution in [3.8, 4) is 0 Å². The molecular weight excluding hydrogens is 138 g/mol. The Bertz CT molecular complexity index is 194. The lowest BCUT2D eigenvalue weighted by atomic mass is 10.4. The minimum Gasteiger partial charge on any atom is -0.233 e. The van der Waals surface area contributed by atoms with Gasteiger partial charge >= 0.3 is 0 Å². The van der Waals surface area contributed by atoms with Gasteiger partial charge in [0.2, 0.25) is 11.6 Å². The van der Waals surface area contributed by atoms with Crippen molar-refractivity contribution in [1.29, 1.82) is 0 Å². The molecule has 49 valence electrons. The molecule has 1 radical (unpaired) electrons. The molecule has 1 heterocycles. The van der Waals surface area contributed by atoms with Crippen LogP contribution in [-0.2, 0) is 0 Å². The van der Waals surface area contributed by atoms with Crippen LogP contribution in [0.2, 0.25) is 5.28 Å². The van der Waals surface area contributed by atoms with Crippen LogP contribution < -0.4 is 0 Å². The van der Waals surface area contributed by atoms with Gasteiger partial charge in [0.05, 0.1) is 0 Å². The summed E-state index contributed by atoms with van der Waals surface area (Å²) in [6.07, 6.45) is 2.41. The van der Waals surface area contributed by atoms with Gasteiger partial charge in [-0.3, -0.25) is 0 Å². The maximum atomic E-state index is 5.59. The van der Waals surface area contributed by atoms with E-state index in [2.05, 4.69) is 16.4 Å². The summed E-state index contributed by atoms with van der Waals surface area (Å²) in [7, 11) is 0. The van der Waals surface area contributed by atoms with Gasteiger partial charge in [0.15, 0.2) is 0 Å².